The van der Waals surface area contributed by atoms with Gasteiger partial charge in [-0.15, -0.1) is 0 Å². The van der Waals surface area contributed by atoms with E-state index in [2.05, 4.69) is 4.99 Å². The maximum Gasteiger partial charge on any atom is 0.270 e. The highest BCUT2D eigenvalue weighted by atomic mass is 32.1. The summed E-state index contributed by atoms with van der Waals surface area (Å²) in [6.45, 7) is 3.38. The van der Waals surface area contributed by atoms with Gasteiger partial charge in [0.25, 0.3) is 5.56 Å². The lowest BCUT2D eigenvalue weighted by Crippen LogP contribution is -2.30. The third kappa shape index (κ3) is 1.67. The number of benzene rings is 1. The molecule has 0 aliphatic carbocycles. The summed E-state index contributed by atoms with van der Waals surface area (Å²) in [5.74, 6) is 0. The van der Waals surface area contributed by atoms with Crippen molar-refractivity contribution in [2.75, 3.05) is 12.3 Å². The van der Waals surface area contributed by atoms with Crippen molar-refractivity contribution < 1.29 is 0 Å². The van der Waals surface area contributed by atoms with E-state index in [-0.39, 0.29) is 5.56 Å². The molecule has 92 valence electrons. The van der Waals surface area contributed by atoms with Crippen LogP contribution in [0.25, 0.3) is 5.57 Å². The van der Waals surface area contributed by atoms with Crippen LogP contribution in [0.2, 0.25) is 0 Å². The van der Waals surface area contributed by atoms with Gasteiger partial charge in [-0.25, -0.2) is 0 Å². The van der Waals surface area contributed by atoms with Crippen LogP contribution < -0.4 is 20.6 Å². The first-order chi connectivity index (χ1) is 8.66. The number of nitrogen functional groups attached to an aromatic ring is 1. The van der Waals surface area contributed by atoms with Crippen molar-refractivity contribution >= 4 is 22.6 Å². The smallest absolute Gasteiger partial charge is 0.270 e. The predicted octanol–water partition coefficient (Wildman–Crippen LogP) is 0.344. The number of hydrogen-bond donors (Lipinski definition) is 1. The minimum atomic E-state index is 0.0659. The fourth-order valence-corrected chi connectivity index (χ4v) is 3.19. The minimum Gasteiger partial charge on any atom is -0.399 e. The molecule has 3 rings (SSSR count). The fourth-order valence-electron chi connectivity index (χ4n) is 2.10. The predicted molar refractivity (Wildman–Crippen MR) is 73.3 cm³/mol. The lowest BCUT2D eigenvalue weighted by Gasteiger charge is -2.00. The Balaban J connectivity index is 2.31. The largest absolute Gasteiger partial charge is 0.399 e. The molecule has 0 spiro atoms. The first kappa shape index (κ1) is 11.2. The molecule has 4 nitrogen and oxygen atoms in total. The molecule has 0 saturated carbocycles. The van der Waals surface area contributed by atoms with Gasteiger partial charge in [0, 0.05) is 12.2 Å². The molecule has 0 atom stereocenters. The summed E-state index contributed by atoms with van der Waals surface area (Å²) in [7, 11) is 0. The number of thiazole rings is 1. The van der Waals surface area contributed by atoms with Gasteiger partial charge in [-0.2, -0.15) is 0 Å². The quantitative estimate of drug-likeness (QED) is 0.751. The van der Waals surface area contributed by atoms with Gasteiger partial charge in [-0.3, -0.25) is 14.4 Å². The van der Waals surface area contributed by atoms with Crippen molar-refractivity contribution in [1.29, 1.82) is 0 Å². The molecule has 0 amide bonds. The summed E-state index contributed by atoms with van der Waals surface area (Å²) in [5, 5.41) is 0. The molecule has 2 aromatic rings. The highest BCUT2D eigenvalue weighted by Crippen LogP contribution is 2.13. The zero-order valence-corrected chi connectivity index (χ0v) is 10.8. The Bertz CT molecular complexity index is 785. The van der Waals surface area contributed by atoms with Gasteiger partial charge in [0.05, 0.1) is 11.1 Å². The van der Waals surface area contributed by atoms with Crippen molar-refractivity contribution in [3.63, 3.8) is 0 Å². The molecule has 5 heteroatoms. The van der Waals surface area contributed by atoms with Crippen molar-refractivity contribution in [1.82, 2.24) is 4.57 Å². The number of anilines is 1. The molecule has 1 aromatic carbocycles. The number of hydrogen-bond acceptors (Lipinski definition) is 4. The molecule has 0 unspecified atom stereocenters. The Kier molecular flexibility index (Phi) is 2.56. The molecular weight excluding hydrogens is 246 g/mol. The van der Waals surface area contributed by atoms with E-state index >= 15 is 0 Å². The maximum atomic E-state index is 12.2. The summed E-state index contributed by atoms with van der Waals surface area (Å²) in [5.41, 5.74) is 8.51. The molecule has 1 aromatic heterocycles. The number of nitrogens with two attached hydrogens (primary N) is 1. The number of rotatable bonds is 1. The Labute approximate surface area is 108 Å². The highest BCUT2D eigenvalue weighted by molar-refractivity contribution is 7.07. The zero-order chi connectivity index (χ0) is 12.7. The maximum absolute atomic E-state index is 12.2. The minimum absolute atomic E-state index is 0.0659. The Hall–Kier alpha value is -1.88. The van der Waals surface area contributed by atoms with E-state index in [1.54, 1.807) is 4.57 Å². The van der Waals surface area contributed by atoms with E-state index in [0.29, 0.717) is 12.2 Å². The topological polar surface area (TPSA) is 60.4 Å². The van der Waals surface area contributed by atoms with E-state index in [1.807, 2.05) is 31.2 Å². The number of nitrogens with zero attached hydrogens (tertiary/aromatic N) is 2. The van der Waals surface area contributed by atoms with Gasteiger partial charge >= 0.3 is 0 Å². The molecule has 2 heterocycles. The molecule has 0 radical (unpaired) electrons. The number of aromatic nitrogens is 1. The van der Waals surface area contributed by atoms with Crippen LogP contribution in [0.1, 0.15) is 12.5 Å². The van der Waals surface area contributed by atoms with Crippen molar-refractivity contribution in [3.8, 4) is 0 Å². The van der Waals surface area contributed by atoms with Crippen LogP contribution in [0, 0.1) is 0 Å². The van der Waals surface area contributed by atoms with Gasteiger partial charge in [0.15, 0.2) is 4.80 Å². The van der Waals surface area contributed by atoms with Crippen LogP contribution in [0.3, 0.4) is 0 Å². The van der Waals surface area contributed by atoms with Gasteiger partial charge in [0.2, 0.25) is 0 Å². The first-order valence-electron chi connectivity index (χ1n) is 5.78. The Morgan fingerprint density at radius 2 is 2.33 bits per heavy atom. The lowest BCUT2D eigenvalue weighted by atomic mass is 10.1. The van der Waals surface area contributed by atoms with Crippen LogP contribution in [0.4, 0.5) is 5.69 Å². The van der Waals surface area contributed by atoms with Crippen LogP contribution in [0.5, 0.6) is 0 Å². The monoisotopic (exact) mass is 259 g/mol. The van der Waals surface area contributed by atoms with Gasteiger partial charge in [0.1, 0.15) is 0 Å². The third-order valence-electron chi connectivity index (χ3n) is 3.09. The van der Waals surface area contributed by atoms with Crippen molar-refractivity contribution in [2.45, 2.75) is 13.5 Å². The average molecular weight is 259 g/mol. The van der Waals surface area contributed by atoms with Crippen LogP contribution in [0.15, 0.2) is 34.1 Å². The molecule has 0 saturated heterocycles. The first-order valence-corrected chi connectivity index (χ1v) is 6.59. The van der Waals surface area contributed by atoms with E-state index in [4.69, 9.17) is 5.73 Å². The standard InChI is InChI=1S/C13H13N3OS/c1-8(9-3-2-4-10(14)7-9)11-12(17)16-6-5-15-13(16)18-11/h2-4,7H,5-6,14H2,1H3/b11-8-. The summed E-state index contributed by atoms with van der Waals surface area (Å²) >= 11 is 1.46. The van der Waals surface area contributed by atoms with Crippen molar-refractivity contribution in [2.24, 2.45) is 4.99 Å². The molecule has 1 aliphatic rings. The molecule has 2 N–H and O–H groups in total. The second-order valence-corrected chi connectivity index (χ2v) is 5.28. The molecule has 0 fully saturated rings. The average Bonchev–Trinajstić information content (AvgIpc) is 2.92. The molecule has 1 aliphatic heterocycles. The van der Waals surface area contributed by atoms with Crippen LogP contribution in [-0.4, -0.2) is 11.1 Å². The highest BCUT2D eigenvalue weighted by Gasteiger charge is 2.11. The summed E-state index contributed by atoms with van der Waals surface area (Å²) in [6, 6.07) is 7.60. The van der Waals surface area contributed by atoms with Gasteiger partial charge in [-0.1, -0.05) is 23.5 Å². The van der Waals surface area contributed by atoms with E-state index in [1.165, 1.54) is 11.3 Å². The summed E-state index contributed by atoms with van der Waals surface area (Å²) in [4.78, 5) is 17.4. The second kappa shape index (κ2) is 4.10. The fraction of sp³-hybridized carbons (Fsp3) is 0.231. The lowest BCUT2D eigenvalue weighted by molar-refractivity contribution is 0.740. The van der Waals surface area contributed by atoms with Crippen LogP contribution >= 0.6 is 11.3 Å². The Morgan fingerprint density at radius 1 is 1.50 bits per heavy atom. The van der Waals surface area contributed by atoms with E-state index in [9.17, 15) is 4.79 Å². The van der Waals surface area contributed by atoms with Crippen molar-refractivity contribution in [3.05, 3.63) is 49.5 Å². The van der Waals surface area contributed by atoms with Crippen LogP contribution in [-0.2, 0) is 6.54 Å². The molecular formula is C13H13N3OS. The zero-order valence-electron chi connectivity index (χ0n) is 10.0. The molecule has 0 bridgehead atoms. The van der Waals surface area contributed by atoms with E-state index < -0.39 is 0 Å². The third-order valence-corrected chi connectivity index (χ3v) is 4.31. The second-order valence-electron chi connectivity index (χ2n) is 4.30. The van der Waals surface area contributed by atoms with Gasteiger partial charge < -0.3 is 5.73 Å². The summed E-state index contributed by atoms with van der Waals surface area (Å²) in [6.07, 6.45) is 0. The summed E-state index contributed by atoms with van der Waals surface area (Å²) < 4.78 is 2.51. The van der Waals surface area contributed by atoms with E-state index in [0.717, 1.165) is 27.0 Å². The normalized spacial score (nSPS) is 15.2. The molecule has 18 heavy (non-hydrogen) atoms. The van der Waals surface area contributed by atoms with Gasteiger partial charge in [-0.05, 0) is 30.2 Å². The number of fused-ring (bicyclic) bond motifs is 1. The SMILES string of the molecule is C/C(c1cccc(N)c1)=c1/sc2n(c1=O)CCN=2. The Morgan fingerprint density at radius 3 is 3.06 bits per heavy atom.